The molecule has 0 atom stereocenters. The highest BCUT2D eigenvalue weighted by Crippen LogP contribution is 2.30. The molecule has 106 valence electrons. The smallest absolute Gasteiger partial charge is 0.137 e. The lowest BCUT2D eigenvalue weighted by Gasteiger charge is -2.09. The van der Waals surface area contributed by atoms with Crippen LogP contribution in [-0.4, -0.2) is 18.6 Å². The number of ether oxygens (including phenoxy) is 1. The Balaban J connectivity index is 2.20. The van der Waals surface area contributed by atoms with E-state index >= 15 is 0 Å². The summed E-state index contributed by atoms with van der Waals surface area (Å²) in [7, 11) is 1.63. The molecule has 1 N–H and O–H groups in total. The number of halogens is 1. The molecule has 0 saturated carbocycles. The lowest BCUT2D eigenvalue weighted by atomic mass is 10.1. The average Bonchev–Trinajstić information content (AvgIpc) is 2.48. The summed E-state index contributed by atoms with van der Waals surface area (Å²) in [6.07, 6.45) is 4.60. The highest BCUT2D eigenvalue weighted by atomic mass is 35.5. The summed E-state index contributed by atoms with van der Waals surface area (Å²) in [5.74, 6) is 0.729. The lowest BCUT2D eigenvalue weighted by molar-refractivity contribution is 0.413. The van der Waals surface area contributed by atoms with Crippen LogP contribution < -0.4 is 10.1 Å². The molecule has 1 aromatic heterocycles. The van der Waals surface area contributed by atoms with Crippen LogP contribution in [0, 0.1) is 0 Å². The van der Waals surface area contributed by atoms with E-state index in [1.165, 1.54) is 5.56 Å². The van der Waals surface area contributed by atoms with E-state index in [1.54, 1.807) is 19.5 Å². The molecule has 0 saturated heterocycles. The third-order valence-electron chi connectivity index (χ3n) is 3.05. The first-order valence-electron chi connectivity index (χ1n) is 6.73. The zero-order valence-corrected chi connectivity index (χ0v) is 12.6. The van der Waals surface area contributed by atoms with E-state index in [9.17, 15) is 0 Å². The van der Waals surface area contributed by atoms with Gasteiger partial charge in [0.2, 0.25) is 0 Å². The SMILES string of the molecule is CCCNCc1ccc(-c2cncc(OC)c2)c(Cl)c1. The monoisotopic (exact) mass is 290 g/mol. The van der Waals surface area contributed by atoms with Gasteiger partial charge in [-0.2, -0.15) is 0 Å². The van der Waals surface area contributed by atoms with Gasteiger partial charge in [0.1, 0.15) is 5.75 Å². The number of methoxy groups -OCH3 is 1. The molecule has 1 heterocycles. The first-order chi connectivity index (χ1) is 9.74. The summed E-state index contributed by atoms with van der Waals surface area (Å²) in [5, 5.41) is 4.10. The van der Waals surface area contributed by atoms with Crippen LogP contribution in [0.4, 0.5) is 0 Å². The Labute approximate surface area is 124 Å². The number of nitrogens with one attached hydrogen (secondary N) is 1. The standard InChI is InChI=1S/C16H19ClN2O/c1-3-6-18-9-12-4-5-15(16(17)7-12)13-8-14(20-2)11-19-10-13/h4-5,7-8,10-11,18H,3,6,9H2,1-2H3. The second-order valence-corrected chi connectivity index (χ2v) is 5.01. The fraction of sp³-hybridized carbons (Fsp3) is 0.312. The van der Waals surface area contributed by atoms with E-state index in [0.29, 0.717) is 0 Å². The Morgan fingerprint density at radius 3 is 2.80 bits per heavy atom. The first-order valence-corrected chi connectivity index (χ1v) is 7.11. The van der Waals surface area contributed by atoms with Crippen molar-refractivity contribution in [2.75, 3.05) is 13.7 Å². The Morgan fingerprint density at radius 2 is 2.10 bits per heavy atom. The maximum Gasteiger partial charge on any atom is 0.137 e. The summed E-state index contributed by atoms with van der Waals surface area (Å²) in [4.78, 5) is 4.16. The summed E-state index contributed by atoms with van der Waals surface area (Å²) in [6.45, 7) is 4.00. The predicted octanol–water partition coefficient (Wildman–Crippen LogP) is 3.91. The van der Waals surface area contributed by atoms with E-state index < -0.39 is 0 Å². The Kier molecular flexibility index (Phi) is 5.39. The zero-order chi connectivity index (χ0) is 14.4. The second-order valence-electron chi connectivity index (χ2n) is 4.60. The molecular weight excluding hydrogens is 272 g/mol. The molecule has 3 nitrogen and oxygen atoms in total. The molecule has 0 bridgehead atoms. The summed E-state index contributed by atoms with van der Waals surface area (Å²) < 4.78 is 5.19. The fourth-order valence-corrected chi connectivity index (χ4v) is 2.30. The van der Waals surface area contributed by atoms with Gasteiger partial charge >= 0.3 is 0 Å². The van der Waals surface area contributed by atoms with E-state index in [2.05, 4.69) is 23.3 Å². The fourth-order valence-electron chi connectivity index (χ4n) is 1.99. The Morgan fingerprint density at radius 1 is 1.25 bits per heavy atom. The highest BCUT2D eigenvalue weighted by Gasteiger charge is 2.06. The molecule has 0 amide bonds. The Hall–Kier alpha value is -1.58. The van der Waals surface area contributed by atoms with Gasteiger partial charge in [-0.3, -0.25) is 4.98 Å². The van der Waals surface area contributed by atoms with Crippen LogP contribution >= 0.6 is 11.6 Å². The number of aromatic nitrogens is 1. The molecule has 2 aromatic rings. The number of pyridine rings is 1. The van der Waals surface area contributed by atoms with Crippen LogP contribution in [0.5, 0.6) is 5.75 Å². The van der Waals surface area contributed by atoms with E-state index in [1.807, 2.05) is 18.2 Å². The maximum atomic E-state index is 6.38. The average molecular weight is 291 g/mol. The summed E-state index contributed by atoms with van der Waals surface area (Å²) in [5.41, 5.74) is 3.11. The van der Waals surface area contributed by atoms with E-state index in [0.717, 1.165) is 41.4 Å². The van der Waals surface area contributed by atoms with Gasteiger partial charge in [0, 0.05) is 28.9 Å². The van der Waals surface area contributed by atoms with Gasteiger partial charge in [0.15, 0.2) is 0 Å². The molecule has 2 rings (SSSR count). The number of hydrogen-bond acceptors (Lipinski definition) is 3. The number of rotatable bonds is 6. The largest absolute Gasteiger partial charge is 0.495 e. The van der Waals surface area contributed by atoms with Crippen molar-refractivity contribution in [3.05, 3.63) is 47.2 Å². The zero-order valence-electron chi connectivity index (χ0n) is 11.8. The van der Waals surface area contributed by atoms with Gasteiger partial charge in [-0.1, -0.05) is 30.7 Å². The van der Waals surface area contributed by atoms with Crippen molar-refractivity contribution >= 4 is 11.6 Å². The molecular formula is C16H19ClN2O. The van der Waals surface area contributed by atoms with Gasteiger partial charge in [0.25, 0.3) is 0 Å². The van der Waals surface area contributed by atoms with Crippen molar-refractivity contribution in [1.29, 1.82) is 0 Å². The van der Waals surface area contributed by atoms with Gasteiger partial charge < -0.3 is 10.1 Å². The third-order valence-corrected chi connectivity index (χ3v) is 3.36. The van der Waals surface area contributed by atoms with Crippen LogP contribution in [0.2, 0.25) is 5.02 Å². The highest BCUT2D eigenvalue weighted by molar-refractivity contribution is 6.33. The molecule has 4 heteroatoms. The van der Waals surface area contributed by atoms with Crippen molar-refractivity contribution in [3.63, 3.8) is 0 Å². The maximum absolute atomic E-state index is 6.38. The quantitative estimate of drug-likeness (QED) is 0.819. The topological polar surface area (TPSA) is 34.2 Å². The predicted molar refractivity (Wildman–Crippen MR) is 83.2 cm³/mol. The Bertz CT molecular complexity index is 572. The van der Waals surface area contributed by atoms with Crippen LogP contribution in [0.3, 0.4) is 0 Å². The number of nitrogens with zero attached hydrogens (tertiary/aromatic N) is 1. The molecule has 0 unspecified atom stereocenters. The molecule has 20 heavy (non-hydrogen) atoms. The van der Waals surface area contributed by atoms with Crippen molar-refractivity contribution in [2.24, 2.45) is 0 Å². The molecule has 0 aliphatic rings. The normalized spacial score (nSPS) is 10.6. The van der Waals surface area contributed by atoms with Crippen LogP contribution in [0.15, 0.2) is 36.7 Å². The third kappa shape index (κ3) is 3.71. The van der Waals surface area contributed by atoms with Crippen molar-refractivity contribution in [2.45, 2.75) is 19.9 Å². The first kappa shape index (κ1) is 14.8. The molecule has 0 spiro atoms. The molecule has 0 radical (unpaired) electrons. The minimum absolute atomic E-state index is 0.729. The van der Waals surface area contributed by atoms with Gasteiger partial charge in [-0.05, 0) is 30.7 Å². The molecule has 0 aliphatic heterocycles. The summed E-state index contributed by atoms with van der Waals surface area (Å²) >= 11 is 6.38. The number of hydrogen-bond donors (Lipinski definition) is 1. The van der Waals surface area contributed by atoms with E-state index in [4.69, 9.17) is 16.3 Å². The minimum atomic E-state index is 0.729. The van der Waals surface area contributed by atoms with Crippen LogP contribution in [0.1, 0.15) is 18.9 Å². The van der Waals surface area contributed by atoms with Crippen molar-refractivity contribution in [1.82, 2.24) is 10.3 Å². The van der Waals surface area contributed by atoms with Crippen LogP contribution in [0.25, 0.3) is 11.1 Å². The minimum Gasteiger partial charge on any atom is -0.495 e. The summed E-state index contributed by atoms with van der Waals surface area (Å²) in [6, 6.07) is 8.05. The second kappa shape index (κ2) is 7.27. The van der Waals surface area contributed by atoms with E-state index in [-0.39, 0.29) is 0 Å². The van der Waals surface area contributed by atoms with Crippen molar-refractivity contribution in [3.8, 4) is 16.9 Å². The molecule has 0 fully saturated rings. The van der Waals surface area contributed by atoms with Gasteiger partial charge in [-0.15, -0.1) is 0 Å². The van der Waals surface area contributed by atoms with Crippen molar-refractivity contribution < 1.29 is 4.74 Å². The molecule has 0 aliphatic carbocycles. The lowest BCUT2D eigenvalue weighted by Crippen LogP contribution is -2.13. The van der Waals surface area contributed by atoms with Crippen LogP contribution in [-0.2, 0) is 6.54 Å². The number of benzene rings is 1. The molecule has 1 aromatic carbocycles. The van der Waals surface area contributed by atoms with Gasteiger partial charge in [0.05, 0.1) is 13.3 Å². The van der Waals surface area contributed by atoms with Gasteiger partial charge in [-0.25, -0.2) is 0 Å².